The van der Waals surface area contributed by atoms with Crippen LogP contribution >= 0.6 is 0 Å². The van der Waals surface area contributed by atoms with Crippen LogP contribution in [-0.2, 0) is 15.7 Å². The average molecular weight is 325 g/mol. The lowest BCUT2D eigenvalue weighted by molar-refractivity contribution is -0.137. The second kappa shape index (κ2) is 4.72. The van der Waals surface area contributed by atoms with E-state index in [0.29, 0.717) is 12.2 Å². The van der Waals surface area contributed by atoms with Crippen molar-refractivity contribution in [1.29, 1.82) is 0 Å². The lowest BCUT2D eigenvalue weighted by Crippen LogP contribution is -2.39. The van der Waals surface area contributed by atoms with Crippen LogP contribution in [0.5, 0.6) is 0 Å². The van der Waals surface area contributed by atoms with Crippen LogP contribution in [0.1, 0.15) is 37.7 Å². The number of nitrogens with zero attached hydrogens (tertiary/aromatic N) is 1. The topological polar surface area (TPSA) is 32.8 Å². The van der Waals surface area contributed by atoms with Crippen LogP contribution in [0.15, 0.2) is 24.3 Å². The molecule has 0 unspecified atom stereocenters. The molecule has 0 atom stereocenters. The zero-order valence-electron chi connectivity index (χ0n) is 12.7. The number of ether oxygens (including phenoxy) is 1. The van der Waals surface area contributed by atoms with Gasteiger partial charge in [0, 0.05) is 12.2 Å². The number of epoxide rings is 1. The van der Waals surface area contributed by atoms with Crippen LogP contribution in [0.4, 0.5) is 18.9 Å². The Morgan fingerprint density at radius 2 is 1.61 bits per heavy atom. The summed E-state index contributed by atoms with van der Waals surface area (Å²) in [5.41, 5.74) is -0.427. The first-order valence-corrected chi connectivity index (χ1v) is 7.97. The fourth-order valence-electron chi connectivity index (χ4n) is 3.94. The van der Waals surface area contributed by atoms with Crippen molar-refractivity contribution in [1.82, 2.24) is 0 Å². The Kier molecular flexibility index (Phi) is 3.08. The first-order valence-electron chi connectivity index (χ1n) is 7.97. The van der Waals surface area contributed by atoms with Crippen molar-refractivity contribution in [3.8, 4) is 0 Å². The maximum atomic E-state index is 12.9. The summed E-state index contributed by atoms with van der Waals surface area (Å²) in [7, 11) is 0. The number of alkyl halides is 3. The van der Waals surface area contributed by atoms with Crippen molar-refractivity contribution in [2.75, 3.05) is 18.1 Å². The van der Waals surface area contributed by atoms with Crippen molar-refractivity contribution in [2.45, 2.75) is 43.9 Å². The van der Waals surface area contributed by atoms with Crippen molar-refractivity contribution in [2.24, 2.45) is 5.41 Å². The summed E-state index contributed by atoms with van der Waals surface area (Å²) in [5, 5.41) is 0. The maximum Gasteiger partial charge on any atom is 0.416 e. The number of rotatable bonds is 1. The van der Waals surface area contributed by atoms with E-state index in [1.165, 1.54) is 12.1 Å². The number of anilines is 1. The van der Waals surface area contributed by atoms with E-state index in [4.69, 9.17) is 4.74 Å². The molecule has 1 aromatic rings. The molecule has 0 N–H and O–H groups in total. The standard InChI is InChI=1S/C17H18F3NO2/c18-17(19,20)12-1-3-13(4-2-12)21-10-9-15(14(21)22)5-7-16(8-6-15)11-23-16/h1-4H,5-11H2. The molecular weight excluding hydrogens is 307 g/mol. The molecule has 3 aliphatic rings. The summed E-state index contributed by atoms with van der Waals surface area (Å²) in [6.07, 6.45) is -0.0925. The van der Waals surface area contributed by atoms with E-state index in [1.54, 1.807) is 4.90 Å². The van der Waals surface area contributed by atoms with Crippen molar-refractivity contribution < 1.29 is 22.7 Å². The number of carbonyl (C=O) groups is 1. The van der Waals surface area contributed by atoms with Gasteiger partial charge in [-0.1, -0.05) is 0 Å². The Labute approximate surface area is 132 Å². The van der Waals surface area contributed by atoms with Crippen LogP contribution in [0.3, 0.4) is 0 Å². The zero-order valence-corrected chi connectivity index (χ0v) is 12.7. The largest absolute Gasteiger partial charge is 0.416 e. The smallest absolute Gasteiger partial charge is 0.370 e. The monoisotopic (exact) mass is 325 g/mol. The van der Waals surface area contributed by atoms with E-state index in [0.717, 1.165) is 50.8 Å². The SMILES string of the molecule is O=C1N(c2ccc(C(F)(F)F)cc2)CCC12CCC1(CC2)CO1. The second-order valence-corrected chi connectivity index (χ2v) is 7.00. The van der Waals surface area contributed by atoms with E-state index in [1.807, 2.05) is 0 Å². The molecule has 23 heavy (non-hydrogen) atoms. The summed E-state index contributed by atoms with van der Waals surface area (Å²) >= 11 is 0. The van der Waals surface area contributed by atoms with E-state index in [-0.39, 0.29) is 16.9 Å². The Bertz CT molecular complexity index is 624. The fourth-order valence-corrected chi connectivity index (χ4v) is 3.94. The van der Waals surface area contributed by atoms with Crippen LogP contribution in [-0.4, -0.2) is 24.7 Å². The highest BCUT2D eigenvalue weighted by Gasteiger charge is 2.56. The van der Waals surface area contributed by atoms with Crippen molar-refractivity contribution >= 4 is 11.6 Å². The van der Waals surface area contributed by atoms with Gasteiger partial charge in [-0.15, -0.1) is 0 Å². The summed E-state index contributed by atoms with van der Waals surface area (Å²) in [4.78, 5) is 14.5. The number of hydrogen-bond donors (Lipinski definition) is 0. The van der Waals surface area contributed by atoms with Crippen molar-refractivity contribution in [3.63, 3.8) is 0 Å². The third kappa shape index (κ3) is 2.43. The van der Waals surface area contributed by atoms with E-state index >= 15 is 0 Å². The predicted molar refractivity (Wildman–Crippen MR) is 78.0 cm³/mol. The maximum absolute atomic E-state index is 12.9. The lowest BCUT2D eigenvalue weighted by atomic mass is 9.69. The molecule has 1 aromatic carbocycles. The third-order valence-corrected chi connectivity index (χ3v) is 5.69. The van der Waals surface area contributed by atoms with Crippen LogP contribution < -0.4 is 4.90 Å². The fraction of sp³-hybridized carbons (Fsp3) is 0.588. The van der Waals surface area contributed by atoms with E-state index in [9.17, 15) is 18.0 Å². The molecule has 6 heteroatoms. The highest BCUT2D eigenvalue weighted by Crippen LogP contribution is 2.53. The van der Waals surface area contributed by atoms with E-state index < -0.39 is 11.7 Å². The van der Waals surface area contributed by atoms with Gasteiger partial charge < -0.3 is 9.64 Å². The van der Waals surface area contributed by atoms with Gasteiger partial charge >= 0.3 is 6.18 Å². The normalized spacial score (nSPS) is 33.7. The summed E-state index contributed by atoms with van der Waals surface area (Å²) in [6.45, 7) is 1.39. The minimum atomic E-state index is -4.35. The summed E-state index contributed by atoms with van der Waals surface area (Å²) in [6, 6.07) is 4.88. The first-order chi connectivity index (χ1) is 10.8. The Morgan fingerprint density at radius 3 is 2.13 bits per heavy atom. The molecule has 2 saturated heterocycles. The quantitative estimate of drug-likeness (QED) is 0.736. The van der Waals surface area contributed by atoms with Gasteiger partial charge in [0.1, 0.15) is 0 Å². The molecule has 3 nitrogen and oxygen atoms in total. The van der Waals surface area contributed by atoms with Crippen LogP contribution in [0.25, 0.3) is 0 Å². The second-order valence-electron chi connectivity index (χ2n) is 7.00. The minimum absolute atomic E-state index is 0.0350. The molecule has 3 fully saturated rings. The van der Waals surface area contributed by atoms with Gasteiger partial charge in [-0.05, 0) is 56.4 Å². The van der Waals surface area contributed by atoms with Gasteiger partial charge in [0.15, 0.2) is 0 Å². The molecule has 1 aliphatic carbocycles. The lowest BCUT2D eigenvalue weighted by Gasteiger charge is -2.34. The molecule has 2 heterocycles. The Balaban J connectivity index is 1.51. The molecule has 1 amide bonds. The highest BCUT2D eigenvalue weighted by atomic mass is 19.4. The van der Waals surface area contributed by atoms with Gasteiger partial charge in [-0.25, -0.2) is 0 Å². The minimum Gasteiger partial charge on any atom is -0.370 e. The molecule has 4 rings (SSSR count). The summed E-state index contributed by atoms with van der Waals surface area (Å²) < 4.78 is 43.4. The average Bonchev–Trinajstić information content (AvgIpc) is 3.21. The third-order valence-electron chi connectivity index (χ3n) is 5.69. The Hall–Kier alpha value is -1.56. The van der Waals surface area contributed by atoms with Gasteiger partial charge in [-0.3, -0.25) is 4.79 Å². The zero-order chi connectivity index (χ0) is 16.3. The number of carbonyl (C=O) groups excluding carboxylic acids is 1. The van der Waals surface area contributed by atoms with Crippen LogP contribution in [0.2, 0.25) is 0 Å². The molecule has 0 aromatic heterocycles. The van der Waals surface area contributed by atoms with Crippen molar-refractivity contribution in [3.05, 3.63) is 29.8 Å². The number of halogens is 3. The van der Waals surface area contributed by atoms with Gasteiger partial charge in [0.25, 0.3) is 0 Å². The molecular formula is C17H18F3NO2. The number of benzene rings is 1. The molecule has 0 radical (unpaired) electrons. The van der Waals surface area contributed by atoms with Gasteiger partial charge in [-0.2, -0.15) is 13.2 Å². The van der Waals surface area contributed by atoms with Gasteiger partial charge in [0.05, 0.1) is 23.2 Å². The van der Waals surface area contributed by atoms with Crippen LogP contribution in [0, 0.1) is 5.41 Å². The summed E-state index contributed by atoms with van der Waals surface area (Å²) in [5.74, 6) is 0.0627. The predicted octanol–water partition coefficient (Wildman–Crippen LogP) is 3.77. The molecule has 2 spiro atoms. The first kappa shape index (κ1) is 15.0. The van der Waals surface area contributed by atoms with E-state index in [2.05, 4.69) is 0 Å². The molecule has 124 valence electrons. The molecule has 0 bridgehead atoms. The molecule has 2 aliphatic heterocycles. The van der Waals surface area contributed by atoms with Gasteiger partial charge in [0.2, 0.25) is 5.91 Å². The Morgan fingerprint density at radius 1 is 1.00 bits per heavy atom. The highest BCUT2D eigenvalue weighted by molar-refractivity contribution is 6.00. The number of amides is 1. The number of hydrogen-bond acceptors (Lipinski definition) is 2. The molecule has 1 saturated carbocycles.